The number of unbranched alkanes of at least 4 members (excludes halogenated alkanes) is 4. The van der Waals surface area contributed by atoms with E-state index in [4.69, 9.17) is 9.47 Å². The summed E-state index contributed by atoms with van der Waals surface area (Å²) in [4.78, 5) is 0. The lowest BCUT2D eigenvalue weighted by atomic mass is 10.1. The molecule has 0 saturated heterocycles. The van der Waals surface area contributed by atoms with Crippen LogP contribution in [0, 0.1) is 23.3 Å². The van der Waals surface area contributed by atoms with E-state index >= 15 is 0 Å². The van der Waals surface area contributed by atoms with Crippen LogP contribution in [0.4, 0.5) is 35.1 Å². The summed E-state index contributed by atoms with van der Waals surface area (Å²) in [5, 5.41) is 0. The molecule has 0 aliphatic carbocycles. The van der Waals surface area contributed by atoms with E-state index in [9.17, 15) is 35.1 Å². The van der Waals surface area contributed by atoms with Crippen LogP contribution in [0.15, 0.2) is 72.8 Å². The fourth-order valence-electron chi connectivity index (χ4n) is 5.39. The SMILES string of the molecule is CCCc1cc(F)c(C(F)(F)Oc2ccc(OCCCCCCCOc3ccc(OC(F)(F)c4c(F)cc(CCC)cc4F)cc3)cc2)c(F)c1. The molecule has 4 aromatic carbocycles. The summed E-state index contributed by atoms with van der Waals surface area (Å²) in [6, 6.07) is 14.2. The number of hydrogen-bond acceptors (Lipinski definition) is 4. The molecule has 4 nitrogen and oxygen atoms in total. The molecule has 0 spiro atoms. The van der Waals surface area contributed by atoms with E-state index in [1.807, 2.05) is 13.8 Å². The predicted molar refractivity (Wildman–Crippen MR) is 177 cm³/mol. The minimum atomic E-state index is -4.22. The normalized spacial score (nSPS) is 11.8. The van der Waals surface area contributed by atoms with Gasteiger partial charge >= 0.3 is 12.2 Å². The molecular weight excluding hydrogens is 684 g/mol. The maximum atomic E-state index is 14.6. The third kappa shape index (κ3) is 11.3. The van der Waals surface area contributed by atoms with Crippen LogP contribution < -0.4 is 18.9 Å². The van der Waals surface area contributed by atoms with Gasteiger partial charge in [0.1, 0.15) is 57.4 Å². The maximum absolute atomic E-state index is 14.6. The maximum Gasteiger partial charge on any atom is 0.432 e. The van der Waals surface area contributed by atoms with Gasteiger partial charge in [0.05, 0.1) is 13.2 Å². The minimum absolute atomic E-state index is 0.283. The quantitative estimate of drug-likeness (QED) is 0.0672. The van der Waals surface area contributed by atoms with Crippen LogP contribution in [0.5, 0.6) is 23.0 Å². The van der Waals surface area contributed by atoms with Crippen molar-refractivity contribution in [2.45, 2.75) is 83.9 Å². The number of rotatable bonds is 20. The summed E-state index contributed by atoms with van der Waals surface area (Å²) in [5.74, 6) is -5.21. The van der Waals surface area contributed by atoms with Crippen molar-refractivity contribution < 1.29 is 54.1 Å². The number of halogens is 8. The van der Waals surface area contributed by atoms with Gasteiger partial charge in [0.15, 0.2) is 0 Å². The molecule has 0 atom stereocenters. The highest BCUT2D eigenvalue weighted by Crippen LogP contribution is 2.37. The predicted octanol–water partition coefficient (Wildman–Crippen LogP) is 11.8. The lowest BCUT2D eigenvalue weighted by Gasteiger charge is -2.20. The van der Waals surface area contributed by atoms with Gasteiger partial charge in [-0.05, 0) is 110 Å². The molecule has 4 rings (SSSR count). The van der Waals surface area contributed by atoms with Gasteiger partial charge in [-0.25, -0.2) is 17.6 Å². The van der Waals surface area contributed by atoms with Gasteiger partial charge < -0.3 is 18.9 Å². The molecule has 0 aromatic heterocycles. The van der Waals surface area contributed by atoms with Crippen LogP contribution in [-0.2, 0) is 25.1 Å². The van der Waals surface area contributed by atoms with Crippen molar-refractivity contribution in [3.8, 4) is 23.0 Å². The fraction of sp³-hybridized carbons (Fsp3) is 0.385. The molecule has 0 saturated carbocycles. The fourth-order valence-corrected chi connectivity index (χ4v) is 5.39. The first kappa shape index (κ1) is 39.3. The molecule has 276 valence electrons. The van der Waals surface area contributed by atoms with E-state index in [0.29, 0.717) is 50.4 Å². The Morgan fingerprint density at radius 2 is 0.745 bits per heavy atom. The van der Waals surface area contributed by atoms with Gasteiger partial charge in [-0.2, -0.15) is 17.6 Å². The lowest BCUT2D eigenvalue weighted by molar-refractivity contribution is -0.190. The highest BCUT2D eigenvalue weighted by Gasteiger charge is 2.42. The molecule has 12 heteroatoms. The minimum Gasteiger partial charge on any atom is -0.494 e. The van der Waals surface area contributed by atoms with Crippen molar-refractivity contribution in [1.82, 2.24) is 0 Å². The van der Waals surface area contributed by atoms with Crippen LogP contribution in [0.2, 0.25) is 0 Å². The third-order valence-corrected chi connectivity index (χ3v) is 7.83. The summed E-state index contributed by atoms with van der Waals surface area (Å²) in [6.45, 7) is 4.38. The highest BCUT2D eigenvalue weighted by atomic mass is 19.3. The summed E-state index contributed by atoms with van der Waals surface area (Å²) in [6.07, 6.45) is -2.47. The summed E-state index contributed by atoms with van der Waals surface area (Å²) < 4.78 is 136. The van der Waals surface area contributed by atoms with E-state index in [0.717, 1.165) is 56.4 Å². The Balaban J connectivity index is 1.11. The van der Waals surface area contributed by atoms with Crippen LogP contribution in [-0.4, -0.2) is 13.2 Å². The summed E-state index contributed by atoms with van der Waals surface area (Å²) in [7, 11) is 0. The van der Waals surface area contributed by atoms with Crippen LogP contribution >= 0.6 is 0 Å². The number of aryl methyl sites for hydroxylation is 2. The Labute approximate surface area is 292 Å². The van der Waals surface area contributed by atoms with Gasteiger partial charge in [-0.3, -0.25) is 0 Å². The average molecular weight is 725 g/mol. The van der Waals surface area contributed by atoms with Crippen LogP contribution in [0.25, 0.3) is 0 Å². The van der Waals surface area contributed by atoms with Gasteiger partial charge in [-0.1, -0.05) is 46.0 Å². The van der Waals surface area contributed by atoms with Crippen molar-refractivity contribution in [2.75, 3.05) is 13.2 Å². The number of hydrogen-bond donors (Lipinski definition) is 0. The smallest absolute Gasteiger partial charge is 0.432 e. The second-order valence-electron chi connectivity index (χ2n) is 12.0. The summed E-state index contributed by atoms with van der Waals surface area (Å²) in [5.41, 5.74) is -2.31. The van der Waals surface area contributed by atoms with Crippen molar-refractivity contribution in [2.24, 2.45) is 0 Å². The first-order chi connectivity index (χ1) is 24.3. The molecule has 0 unspecified atom stereocenters. The Kier molecular flexibility index (Phi) is 14.0. The van der Waals surface area contributed by atoms with Gasteiger partial charge in [-0.15, -0.1) is 0 Å². The van der Waals surface area contributed by atoms with Crippen LogP contribution in [0.3, 0.4) is 0 Å². The van der Waals surface area contributed by atoms with Crippen molar-refractivity contribution in [1.29, 1.82) is 0 Å². The van der Waals surface area contributed by atoms with Crippen molar-refractivity contribution in [3.63, 3.8) is 0 Å². The molecule has 0 fully saturated rings. The first-order valence-corrected chi connectivity index (χ1v) is 16.9. The van der Waals surface area contributed by atoms with E-state index in [1.165, 1.54) is 48.5 Å². The Morgan fingerprint density at radius 1 is 0.451 bits per heavy atom. The van der Waals surface area contributed by atoms with Crippen LogP contribution in [0.1, 0.15) is 81.0 Å². The topological polar surface area (TPSA) is 36.9 Å². The molecular formula is C39H40F8O4. The zero-order valence-corrected chi connectivity index (χ0v) is 28.4. The molecule has 0 aliphatic rings. The van der Waals surface area contributed by atoms with Gasteiger partial charge in [0.2, 0.25) is 0 Å². The van der Waals surface area contributed by atoms with E-state index < -0.39 is 46.6 Å². The second-order valence-corrected chi connectivity index (χ2v) is 12.0. The number of benzene rings is 4. The summed E-state index contributed by atoms with van der Waals surface area (Å²) >= 11 is 0. The monoisotopic (exact) mass is 724 g/mol. The van der Waals surface area contributed by atoms with Gasteiger partial charge in [0.25, 0.3) is 0 Å². The molecule has 0 radical (unpaired) electrons. The van der Waals surface area contributed by atoms with E-state index in [2.05, 4.69) is 9.47 Å². The Morgan fingerprint density at radius 3 is 1.06 bits per heavy atom. The second kappa shape index (κ2) is 18.1. The van der Waals surface area contributed by atoms with Gasteiger partial charge in [0, 0.05) is 0 Å². The number of ether oxygens (including phenoxy) is 4. The molecule has 0 N–H and O–H groups in total. The Bertz CT molecular complexity index is 1520. The molecule has 0 aliphatic heterocycles. The van der Waals surface area contributed by atoms with E-state index in [-0.39, 0.29) is 22.6 Å². The highest BCUT2D eigenvalue weighted by molar-refractivity contribution is 5.35. The molecule has 0 bridgehead atoms. The van der Waals surface area contributed by atoms with Crippen molar-refractivity contribution >= 4 is 0 Å². The number of alkyl halides is 4. The standard InChI is InChI=1S/C39H40F8O4/c1-3-10-26-22-32(40)36(33(41)23-26)38(44,45)50-30-16-12-28(13-17-30)48-20-8-6-5-7-9-21-49-29-14-18-31(19-15-29)51-39(46,47)37-34(42)24-27(11-4-2)25-35(37)43/h12-19,22-25H,3-11,20-21H2,1-2H3. The lowest BCUT2D eigenvalue weighted by Crippen LogP contribution is -2.25. The Hall–Kier alpha value is -4.48. The average Bonchev–Trinajstić information content (AvgIpc) is 3.04. The van der Waals surface area contributed by atoms with E-state index in [1.54, 1.807) is 0 Å². The zero-order chi connectivity index (χ0) is 37.0. The molecule has 51 heavy (non-hydrogen) atoms. The largest absolute Gasteiger partial charge is 0.494 e. The van der Waals surface area contributed by atoms with Crippen molar-refractivity contribution in [3.05, 3.63) is 118 Å². The molecule has 0 heterocycles. The third-order valence-electron chi connectivity index (χ3n) is 7.83. The molecule has 4 aromatic rings. The molecule has 0 amide bonds. The first-order valence-electron chi connectivity index (χ1n) is 16.9. The zero-order valence-electron chi connectivity index (χ0n) is 28.4.